The topological polar surface area (TPSA) is 58.2 Å². The highest BCUT2D eigenvalue weighted by Crippen LogP contribution is 2.39. The third kappa shape index (κ3) is 3.10. The van der Waals surface area contributed by atoms with Gasteiger partial charge in [0.2, 0.25) is 11.8 Å². The molecular formula is C15H24N2O2. The molecule has 0 spiro atoms. The molecule has 4 nitrogen and oxygen atoms in total. The van der Waals surface area contributed by atoms with Crippen molar-refractivity contribution < 1.29 is 9.59 Å². The second kappa shape index (κ2) is 4.80. The van der Waals surface area contributed by atoms with Crippen molar-refractivity contribution in [2.24, 2.45) is 29.6 Å². The lowest BCUT2D eigenvalue weighted by Crippen LogP contribution is -2.46. The van der Waals surface area contributed by atoms with Crippen LogP contribution in [-0.2, 0) is 9.59 Å². The summed E-state index contributed by atoms with van der Waals surface area (Å²) in [6.07, 6.45) is 4.41. The summed E-state index contributed by atoms with van der Waals surface area (Å²) in [6.45, 7) is 4.84. The van der Waals surface area contributed by atoms with Crippen molar-refractivity contribution >= 4 is 11.8 Å². The molecule has 0 aromatic heterocycles. The number of rotatable bonds is 6. The van der Waals surface area contributed by atoms with Crippen molar-refractivity contribution in [3.05, 3.63) is 0 Å². The second-order valence-corrected chi connectivity index (χ2v) is 6.84. The molecule has 2 N–H and O–H groups in total. The average molecular weight is 264 g/mol. The molecule has 106 valence electrons. The van der Waals surface area contributed by atoms with Crippen LogP contribution in [0.25, 0.3) is 0 Å². The maximum absolute atomic E-state index is 12.0. The molecule has 0 heterocycles. The highest BCUT2D eigenvalue weighted by Gasteiger charge is 2.43. The van der Waals surface area contributed by atoms with Crippen LogP contribution >= 0.6 is 0 Å². The number of carbonyl (C=O) groups is 2. The van der Waals surface area contributed by atoms with Crippen LogP contribution in [0.4, 0.5) is 0 Å². The normalized spacial score (nSPS) is 37.4. The Kier molecular flexibility index (Phi) is 3.27. The second-order valence-electron chi connectivity index (χ2n) is 6.84. The van der Waals surface area contributed by atoms with Crippen LogP contribution < -0.4 is 10.6 Å². The van der Waals surface area contributed by atoms with Gasteiger partial charge in [-0.25, -0.2) is 0 Å². The quantitative estimate of drug-likeness (QED) is 0.760. The van der Waals surface area contributed by atoms with Gasteiger partial charge in [0.15, 0.2) is 0 Å². The zero-order valence-corrected chi connectivity index (χ0v) is 11.8. The van der Waals surface area contributed by atoms with Crippen LogP contribution in [0.1, 0.15) is 39.5 Å². The van der Waals surface area contributed by atoms with Crippen LogP contribution in [0.15, 0.2) is 0 Å². The van der Waals surface area contributed by atoms with Crippen LogP contribution in [0.5, 0.6) is 0 Å². The minimum absolute atomic E-state index is 0.151. The molecule has 3 saturated carbocycles. The van der Waals surface area contributed by atoms with Crippen molar-refractivity contribution in [2.45, 2.75) is 45.6 Å². The highest BCUT2D eigenvalue weighted by molar-refractivity contribution is 5.83. The first kappa shape index (κ1) is 12.9. The SMILES string of the molecule is C[C@@H]1C[C@@H]1C(=O)NC[C@H](NC(=O)[C@@H]1C[C@H]1C)C1CC1. The number of amides is 2. The van der Waals surface area contributed by atoms with Gasteiger partial charge in [0, 0.05) is 24.4 Å². The predicted molar refractivity (Wildman–Crippen MR) is 72.2 cm³/mol. The Balaban J connectivity index is 1.45. The highest BCUT2D eigenvalue weighted by atomic mass is 16.2. The summed E-state index contributed by atoms with van der Waals surface area (Å²) in [5.41, 5.74) is 0. The minimum atomic E-state index is 0.151. The van der Waals surface area contributed by atoms with Gasteiger partial charge in [-0.05, 0) is 43.4 Å². The third-order valence-corrected chi connectivity index (χ3v) is 4.91. The lowest BCUT2D eigenvalue weighted by atomic mass is 10.1. The monoisotopic (exact) mass is 264 g/mol. The summed E-state index contributed by atoms with van der Waals surface area (Å²) in [4.78, 5) is 23.8. The fourth-order valence-electron chi connectivity index (χ4n) is 2.84. The maximum atomic E-state index is 12.0. The van der Waals surface area contributed by atoms with Crippen LogP contribution in [0.2, 0.25) is 0 Å². The van der Waals surface area contributed by atoms with E-state index in [2.05, 4.69) is 24.5 Å². The third-order valence-electron chi connectivity index (χ3n) is 4.91. The molecule has 3 rings (SSSR count). The number of carbonyl (C=O) groups excluding carboxylic acids is 2. The van der Waals surface area contributed by atoms with Crippen molar-refractivity contribution in [1.82, 2.24) is 10.6 Å². The van der Waals surface area contributed by atoms with E-state index in [0.29, 0.717) is 24.3 Å². The molecule has 0 aliphatic heterocycles. The fourth-order valence-corrected chi connectivity index (χ4v) is 2.84. The number of hydrogen-bond acceptors (Lipinski definition) is 2. The van der Waals surface area contributed by atoms with E-state index >= 15 is 0 Å². The molecule has 19 heavy (non-hydrogen) atoms. The van der Waals surface area contributed by atoms with E-state index in [-0.39, 0.29) is 29.7 Å². The van der Waals surface area contributed by atoms with E-state index in [1.807, 2.05) is 0 Å². The Bertz CT molecular complexity index is 392. The Labute approximate surface area is 114 Å². The van der Waals surface area contributed by atoms with Gasteiger partial charge < -0.3 is 10.6 Å². The van der Waals surface area contributed by atoms with Gasteiger partial charge in [0.1, 0.15) is 0 Å². The van der Waals surface area contributed by atoms with E-state index in [4.69, 9.17) is 0 Å². The van der Waals surface area contributed by atoms with Gasteiger partial charge in [-0.3, -0.25) is 9.59 Å². The standard InChI is InChI=1S/C15H24N2O2/c1-8-5-11(8)14(18)16-7-13(10-3-4-10)17-15(19)12-6-9(12)2/h8-13H,3-7H2,1-2H3,(H,16,18)(H,17,19)/t8-,9-,11+,12-,13+/m1/s1. The average Bonchev–Trinajstić information content (AvgIpc) is 3.17. The Morgan fingerprint density at radius 1 is 1.05 bits per heavy atom. The first-order valence-electron chi connectivity index (χ1n) is 7.64. The Morgan fingerprint density at radius 2 is 1.58 bits per heavy atom. The summed E-state index contributed by atoms with van der Waals surface area (Å²) in [7, 11) is 0. The van der Waals surface area contributed by atoms with Crippen LogP contribution in [-0.4, -0.2) is 24.4 Å². The molecule has 3 aliphatic rings. The van der Waals surface area contributed by atoms with Gasteiger partial charge >= 0.3 is 0 Å². The fraction of sp³-hybridized carbons (Fsp3) is 0.867. The molecule has 0 radical (unpaired) electrons. The Hall–Kier alpha value is -1.06. The first-order valence-corrected chi connectivity index (χ1v) is 7.64. The molecule has 3 aliphatic carbocycles. The lowest BCUT2D eigenvalue weighted by Gasteiger charge is -2.19. The van der Waals surface area contributed by atoms with Crippen molar-refractivity contribution in [3.63, 3.8) is 0 Å². The molecule has 4 heteroatoms. The smallest absolute Gasteiger partial charge is 0.223 e. The first-order chi connectivity index (χ1) is 9.06. The molecule has 0 aromatic carbocycles. The molecule has 0 aromatic rings. The molecule has 5 atom stereocenters. The van der Waals surface area contributed by atoms with Gasteiger partial charge in [0.05, 0.1) is 0 Å². The largest absolute Gasteiger partial charge is 0.354 e. The molecule has 0 unspecified atom stereocenters. The van der Waals surface area contributed by atoms with Crippen molar-refractivity contribution in [2.75, 3.05) is 6.54 Å². The zero-order valence-electron chi connectivity index (χ0n) is 11.8. The molecule has 0 bridgehead atoms. The van der Waals surface area contributed by atoms with Crippen LogP contribution in [0.3, 0.4) is 0 Å². The van der Waals surface area contributed by atoms with Crippen molar-refractivity contribution in [1.29, 1.82) is 0 Å². The van der Waals surface area contributed by atoms with E-state index in [1.165, 1.54) is 12.8 Å². The van der Waals surface area contributed by atoms with Gasteiger partial charge in [-0.1, -0.05) is 13.8 Å². The maximum Gasteiger partial charge on any atom is 0.223 e. The predicted octanol–water partition coefficient (Wildman–Crippen LogP) is 1.31. The summed E-state index contributed by atoms with van der Waals surface area (Å²) in [5.74, 6) is 2.48. The number of hydrogen-bond donors (Lipinski definition) is 2. The van der Waals surface area contributed by atoms with E-state index < -0.39 is 0 Å². The zero-order chi connectivity index (χ0) is 13.6. The Morgan fingerprint density at radius 3 is 2.05 bits per heavy atom. The minimum Gasteiger partial charge on any atom is -0.354 e. The molecule has 3 fully saturated rings. The van der Waals surface area contributed by atoms with Crippen LogP contribution in [0, 0.1) is 29.6 Å². The van der Waals surface area contributed by atoms with E-state index in [9.17, 15) is 9.59 Å². The summed E-state index contributed by atoms with van der Waals surface area (Å²) < 4.78 is 0. The summed E-state index contributed by atoms with van der Waals surface area (Å²) in [6, 6.07) is 0.151. The molecule has 0 saturated heterocycles. The van der Waals surface area contributed by atoms with Gasteiger partial charge in [-0.15, -0.1) is 0 Å². The molecule has 2 amide bonds. The number of nitrogens with one attached hydrogen (secondary N) is 2. The van der Waals surface area contributed by atoms with E-state index in [0.717, 1.165) is 12.8 Å². The summed E-state index contributed by atoms with van der Waals surface area (Å²) in [5, 5.41) is 6.16. The lowest BCUT2D eigenvalue weighted by molar-refractivity contribution is -0.125. The van der Waals surface area contributed by atoms with E-state index in [1.54, 1.807) is 0 Å². The van der Waals surface area contributed by atoms with Gasteiger partial charge in [0.25, 0.3) is 0 Å². The van der Waals surface area contributed by atoms with Gasteiger partial charge in [-0.2, -0.15) is 0 Å². The molecular weight excluding hydrogens is 240 g/mol. The summed E-state index contributed by atoms with van der Waals surface area (Å²) >= 11 is 0. The van der Waals surface area contributed by atoms with Crippen molar-refractivity contribution in [3.8, 4) is 0 Å².